The maximum absolute atomic E-state index is 12.5. The molecule has 6 amide bonds. The highest BCUT2D eigenvalue weighted by molar-refractivity contribution is 9.10. The number of nitrogens with one attached hydrogen (secondary N) is 4. The van der Waals surface area contributed by atoms with Gasteiger partial charge in [0.1, 0.15) is 28.7 Å². The number of sulfone groups is 1. The number of hydrogen-bond donors (Lipinski definition) is 8. The van der Waals surface area contributed by atoms with Gasteiger partial charge in [0.2, 0.25) is 0 Å². The molecule has 75 heavy (non-hydrogen) atoms. The number of halogens is 1. The average molecular weight is 1100 g/mol. The summed E-state index contributed by atoms with van der Waals surface area (Å²) >= 11 is 3.30. The number of nitro benzene ring substituents is 2. The Labute approximate surface area is 436 Å². The standard InChI is InChI=1S/C23H18N2O2.C15H15BrN2O4S.C14H12N4O7/c24-23(27)25(22-19-12-5-4-10-17(19)14-15-21(22)26)20-13-7-6-11-18(20)16-8-2-1-3-9-16;1-2-23(21,22)10-7-8-14(19)13(9-10)18-15(20)17-12-6-4-3-5-11(12)16;1-25-13-7-9(18(23)24)3-5-11(13)16-14(20)15-10-4-2-8(17(21)22)6-12(10)19/h1-15,26H,(H2,24,27);3-9,19H,2H2,1H3,(H2,17,18,20);2-7,19H,1H3,(H2,15,16,20). The highest BCUT2D eigenvalue weighted by atomic mass is 79.9. The molecule has 0 heterocycles. The van der Waals surface area contributed by atoms with E-state index in [2.05, 4.69) is 37.2 Å². The minimum atomic E-state index is -3.43. The zero-order valence-corrected chi connectivity index (χ0v) is 41.9. The third kappa shape index (κ3) is 13.8. The number of nitrogens with zero attached hydrogens (tertiary/aromatic N) is 3. The van der Waals surface area contributed by atoms with Crippen LogP contribution < -0.4 is 36.6 Å². The number of methoxy groups -OCH3 is 1. The van der Waals surface area contributed by atoms with Gasteiger partial charge < -0.3 is 47.1 Å². The van der Waals surface area contributed by atoms with Crippen molar-refractivity contribution in [3.05, 3.63) is 195 Å². The first-order chi connectivity index (χ1) is 35.8. The van der Waals surface area contributed by atoms with Gasteiger partial charge in [-0.3, -0.25) is 25.1 Å². The van der Waals surface area contributed by atoms with Gasteiger partial charge in [-0.2, -0.15) is 0 Å². The number of rotatable bonds is 12. The smallest absolute Gasteiger partial charge is 0.324 e. The Morgan fingerprint density at radius 1 is 0.627 bits per heavy atom. The summed E-state index contributed by atoms with van der Waals surface area (Å²) in [6.07, 6.45) is 0. The zero-order valence-electron chi connectivity index (χ0n) is 39.5. The van der Waals surface area contributed by atoms with Crippen LogP contribution in [0.1, 0.15) is 6.92 Å². The molecule has 0 saturated heterocycles. The van der Waals surface area contributed by atoms with Gasteiger partial charge in [-0.1, -0.05) is 97.9 Å². The van der Waals surface area contributed by atoms with Crippen LogP contribution in [-0.4, -0.2) is 64.5 Å². The maximum Gasteiger partial charge on any atom is 0.324 e. The van der Waals surface area contributed by atoms with Gasteiger partial charge in [0.25, 0.3) is 11.4 Å². The van der Waals surface area contributed by atoms with Crippen molar-refractivity contribution in [2.24, 2.45) is 5.73 Å². The van der Waals surface area contributed by atoms with Crippen LogP contribution in [0.15, 0.2) is 179 Å². The number of benzene rings is 8. The molecule has 0 bridgehead atoms. The summed E-state index contributed by atoms with van der Waals surface area (Å²) in [5.41, 5.74) is 8.71. The van der Waals surface area contributed by atoms with E-state index in [1.165, 1.54) is 55.3 Å². The van der Waals surface area contributed by atoms with Crippen LogP contribution in [0.2, 0.25) is 0 Å². The normalized spacial score (nSPS) is 10.5. The molecule has 0 aromatic heterocycles. The van der Waals surface area contributed by atoms with Gasteiger partial charge in [0.15, 0.2) is 9.84 Å². The van der Waals surface area contributed by atoms with Crippen molar-refractivity contribution in [1.82, 2.24) is 0 Å². The molecule has 9 N–H and O–H groups in total. The summed E-state index contributed by atoms with van der Waals surface area (Å²) in [7, 11) is -2.15. The van der Waals surface area contributed by atoms with Crippen molar-refractivity contribution in [2.75, 3.05) is 39.0 Å². The van der Waals surface area contributed by atoms with Gasteiger partial charge >= 0.3 is 18.1 Å². The highest BCUT2D eigenvalue weighted by Gasteiger charge is 2.24. The van der Waals surface area contributed by atoms with E-state index in [1.807, 2.05) is 84.9 Å². The molecule has 0 atom stereocenters. The number of nitrogens with two attached hydrogens (primary N) is 1. The van der Waals surface area contributed by atoms with Crippen molar-refractivity contribution >= 4 is 100 Å². The number of carbonyl (C=O) groups excluding carboxylic acids is 3. The van der Waals surface area contributed by atoms with E-state index in [1.54, 1.807) is 30.3 Å². The predicted octanol–water partition coefficient (Wildman–Crippen LogP) is 11.9. The summed E-state index contributed by atoms with van der Waals surface area (Å²) < 4.78 is 29.4. The first-order valence-electron chi connectivity index (χ1n) is 22.0. The van der Waals surface area contributed by atoms with Gasteiger partial charge in [-0.05, 0) is 81.5 Å². The molecule has 0 radical (unpaired) electrons. The Morgan fingerprint density at radius 3 is 1.83 bits per heavy atom. The quantitative estimate of drug-likeness (QED) is 0.0321. The van der Waals surface area contributed by atoms with Gasteiger partial charge in [-0.15, -0.1) is 0 Å². The van der Waals surface area contributed by atoms with Crippen LogP contribution in [0.3, 0.4) is 0 Å². The van der Waals surface area contributed by atoms with E-state index >= 15 is 0 Å². The van der Waals surface area contributed by atoms with Crippen molar-refractivity contribution in [3.63, 3.8) is 0 Å². The molecule has 0 aliphatic carbocycles. The van der Waals surface area contributed by atoms with Gasteiger partial charge in [0, 0.05) is 27.6 Å². The number of urea groups is 3. The molecule has 8 aromatic carbocycles. The number of amides is 6. The number of phenolic OH excluding ortho intramolecular Hbond substituents is 3. The number of anilines is 6. The number of hydrogen-bond acceptors (Lipinski definition) is 13. The van der Waals surface area contributed by atoms with Crippen LogP contribution in [0.4, 0.5) is 59.9 Å². The molecule has 0 saturated carbocycles. The van der Waals surface area contributed by atoms with Crippen LogP contribution >= 0.6 is 15.9 Å². The Hall–Kier alpha value is -9.74. The van der Waals surface area contributed by atoms with Crippen LogP contribution in [0, 0.1) is 20.2 Å². The van der Waals surface area contributed by atoms with Crippen molar-refractivity contribution in [3.8, 4) is 34.1 Å². The molecule has 8 aromatic rings. The fourth-order valence-electron chi connectivity index (χ4n) is 7.08. The summed E-state index contributed by atoms with van der Waals surface area (Å²) in [4.78, 5) is 58.0. The molecule has 0 spiro atoms. The molecule has 0 aliphatic heterocycles. The number of primary amides is 1. The predicted molar refractivity (Wildman–Crippen MR) is 289 cm³/mol. The topological polar surface area (TPSA) is 319 Å². The third-order valence-electron chi connectivity index (χ3n) is 10.7. The number of nitro groups is 2. The number of carbonyl (C=O) groups is 3. The molecule has 8 rings (SSSR count). The lowest BCUT2D eigenvalue weighted by Crippen LogP contribution is -2.32. The molecule has 21 nitrogen and oxygen atoms in total. The lowest BCUT2D eigenvalue weighted by molar-refractivity contribution is -0.385. The second-order valence-electron chi connectivity index (χ2n) is 15.5. The minimum Gasteiger partial charge on any atom is -0.506 e. The average Bonchev–Trinajstić information content (AvgIpc) is 3.39. The van der Waals surface area contributed by atoms with Gasteiger partial charge in [0.05, 0.1) is 68.2 Å². The minimum absolute atomic E-state index is 0.00429. The second kappa shape index (κ2) is 24.6. The fourth-order valence-corrected chi connectivity index (χ4v) is 8.37. The number of ether oxygens (including phenoxy) is 1. The molecule has 0 unspecified atom stereocenters. The first-order valence-corrected chi connectivity index (χ1v) is 24.5. The Kier molecular flexibility index (Phi) is 17.9. The Morgan fingerprint density at radius 2 is 1.19 bits per heavy atom. The SMILES string of the molecule is CCS(=O)(=O)c1ccc(O)c(NC(=O)Nc2ccccc2Br)c1.COc1cc([N+](=O)[O-])ccc1NC(=O)Nc1ccc([N+](=O)[O-])cc1O.NC(=O)N(c1ccccc1-c1ccccc1)c1c(O)ccc2ccccc12. The first kappa shape index (κ1) is 54.6. The lowest BCUT2D eigenvalue weighted by Gasteiger charge is -2.25. The maximum atomic E-state index is 12.5. The Bertz CT molecular complexity index is 3550. The number of phenols is 3. The summed E-state index contributed by atoms with van der Waals surface area (Å²) in [5, 5.41) is 62.8. The molecule has 384 valence electrons. The molecule has 0 aliphatic rings. The van der Waals surface area contributed by atoms with Crippen LogP contribution in [-0.2, 0) is 9.84 Å². The summed E-state index contributed by atoms with van der Waals surface area (Å²) in [6, 6.07) is 43.8. The highest BCUT2D eigenvalue weighted by Crippen LogP contribution is 2.43. The molecular weight excluding hydrogens is 1060 g/mol. The van der Waals surface area contributed by atoms with E-state index in [0.717, 1.165) is 40.1 Å². The van der Waals surface area contributed by atoms with E-state index in [0.29, 0.717) is 21.5 Å². The van der Waals surface area contributed by atoms with E-state index in [-0.39, 0.29) is 56.3 Å². The number of para-hydroxylation sites is 2. The monoisotopic (exact) mass is 1100 g/mol. The van der Waals surface area contributed by atoms with Crippen molar-refractivity contribution in [2.45, 2.75) is 11.8 Å². The number of non-ortho nitro benzene ring substituents is 2. The second-order valence-corrected chi connectivity index (χ2v) is 18.7. The molecule has 0 fully saturated rings. The summed E-state index contributed by atoms with van der Waals surface area (Å²) in [6.45, 7) is 1.52. The van der Waals surface area contributed by atoms with Crippen LogP contribution in [0.5, 0.6) is 23.0 Å². The number of fused-ring (bicyclic) bond motifs is 1. The molecular formula is C52H45BrN8O13S. The number of aromatic hydroxyl groups is 3. The van der Waals surface area contributed by atoms with Gasteiger partial charge in [-0.25, -0.2) is 22.8 Å². The van der Waals surface area contributed by atoms with E-state index in [4.69, 9.17) is 10.5 Å². The van der Waals surface area contributed by atoms with Crippen LogP contribution in [0.25, 0.3) is 21.9 Å². The Balaban J connectivity index is 0.000000184. The van der Waals surface area contributed by atoms with Crippen molar-refractivity contribution in [1.29, 1.82) is 0 Å². The molecule has 23 heteroatoms. The largest absolute Gasteiger partial charge is 0.506 e. The third-order valence-corrected chi connectivity index (χ3v) is 13.1. The van der Waals surface area contributed by atoms with Crippen molar-refractivity contribution < 1.29 is 52.7 Å². The lowest BCUT2D eigenvalue weighted by atomic mass is 10.0. The summed E-state index contributed by atoms with van der Waals surface area (Å²) in [5.74, 6) is -0.713. The van der Waals surface area contributed by atoms with E-state index < -0.39 is 43.5 Å². The zero-order chi connectivity index (χ0) is 54.4. The fraction of sp³-hybridized carbons (Fsp3) is 0.0577. The van der Waals surface area contributed by atoms with E-state index in [9.17, 15) is 58.3 Å².